The molecule has 2 rings (SSSR count). The van der Waals surface area contributed by atoms with E-state index in [1.54, 1.807) is 12.1 Å². The number of hydrogen-bond acceptors (Lipinski definition) is 4. The Morgan fingerprint density at radius 1 is 1.21 bits per heavy atom. The summed E-state index contributed by atoms with van der Waals surface area (Å²) in [5, 5.41) is 12.2. The lowest BCUT2D eigenvalue weighted by molar-refractivity contribution is 0.0997. The van der Waals surface area contributed by atoms with Crippen LogP contribution in [-0.4, -0.2) is 24.2 Å². The normalized spacial score (nSPS) is 10.5. The fourth-order valence-electron chi connectivity index (χ4n) is 2.77. The highest BCUT2D eigenvalue weighted by molar-refractivity contribution is 6.02. The molecule has 128 valence electrons. The zero-order valence-electron chi connectivity index (χ0n) is 14.3. The van der Waals surface area contributed by atoms with Gasteiger partial charge in [0.25, 0.3) is 5.91 Å². The van der Waals surface area contributed by atoms with Crippen molar-refractivity contribution in [1.29, 1.82) is 0 Å². The van der Waals surface area contributed by atoms with Gasteiger partial charge in [-0.1, -0.05) is 23.8 Å². The maximum Gasteiger partial charge on any atom is 0.254 e. The summed E-state index contributed by atoms with van der Waals surface area (Å²) in [6, 6.07) is 9.49. The van der Waals surface area contributed by atoms with E-state index < -0.39 is 5.91 Å². The summed E-state index contributed by atoms with van der Waals surface area (Å²) < 4.78 is 5.60. The Bertz CT molecular complexity index is 718. The predicted octanol–water partition coefficient (Wildman–Crippen LogP) is 3.22. The molecule has 5 nitrogen and oxygen atoms in total. The number of aliphatic hydroxyl groups excluding tert-OH is 1. The van der Waals surface area contributed by atoms with E-state index in [9.17, 15) is 4.79 Å². The van der Waals surface area contributed by atoms with E-state index in [2.05, 4.69) is 17.4 Å². The highest BCUT2D eigenvalue weighted by Gasteiger charge is 2.16. The van der Waals surface area contributed by atoms with Crippen molar-refractivity contribution in [3.63, 3.8) is 0 Å². The molecule has 0 bridgehead atoms. The van der Waals surface area contributed by atoms with Gasteiger partial charge in [0.1, 0.15) is 11.3 Å². The first kappa shape index (κ1) is 17.8. The van der Waals surface area contributed by atoms with Gasteiger partial charge < -0.3 is 20.9 Å². The summed E-state index contributed by atoms with van der Waals surface area (Å²) in [5.41, 5.74) is 10.8. The number of nitrogens with one attached hydrogen (secondary N) is 1. The average molecular weight is 328 g/mol. The van der Waals surface area contributed by atoms with Crippen molar-refractivity contribution in [3.05, 3.63) is 52.6 Å². The number of anilines is 2. The number of primary amides is 1. The smallest absolute Gasteiger partial charge is 0.254 e. The molecule has 0 heterocycles. The lowest BCUT2D eigenvalue weighted by atomic mass is 10.0. The first-order valence-electron chi connectivity index (χ1n) is 7.95. The first-order valence-corrected chi connectivity index (χ1v) is 7.95. The molecule has 0 atom stereocenters. The van der Waals surface area contributed by atoms with Crippen LogP contribution in [0.5, 0.6) is 5.75 Å². The van der Waals surface area contributed by atoms with Crippen LogP contribution in [0.15, 0.2) is 30.3 Å². The van der Waals surface area contributed by atoms with E-state index >= 15 is 0 Å². The third-order valence-corrected chi connectivity index (χ3v) is 3.77. The second kappa shape index (κ2) is 7.84. The fourth-order valence-corrected chi connectivity index (χ4v) is 2.77. The van der Waals surface area contributed by atoms with E-state index in [-0.39, 0.29) is 6.61 Å². The lowest BCUT2D eigenvalue weighted by Crippen LogP contribution is -2.16. The van der Waals surface area contributed by atoms with Crippen LogP contribution in [0.3, 0.4) is 0 Å². The molecule has 0 radical (unpaired) electrons. The molecule has 0 fully saturated rings. The van der Waals surface area contributed by atoms with Crippen LogP contribution < -0.4 is 15.8 Å². The molecule has 0 saturated heterocycles. The second-order valence-corrected chi connectivity index (χ2v) is 5.87. The summed E-state index contributed by atoms with van der Waals surface area (Å²) in [6.45, 7) is 6.45. The van der Waals surface area contributed by atoms with Gasteiger partial charge in [0.05, 0.1) is 12.3 Å². The standard InChI is InChI=1S/C19H24N2O3/c1-12-10-13(2)18(14(3)11-12)21-15-6-4-7-16(17(15)19(20)23)24-9-5-8-22/h4,6-7,10-11,21-22H,5,8-9H2,1-3H3,(H2,20,23). The highest BCUT2D eigenvalue weighted by Crippen LogP contribution is 2.32. The number of aryl methyl sites for hydroxylation is 3. The lowest BCUT2D eigenvalue weighted by Gasteiger charge is -2.18. The third-order valence-electron chi connectivity index (χ3n) is 3.77. The van der Waals surface area contributed by atoms with Crippen LogP contribution in [0.2, 0.25) is 0 Å². The molecule has 0 aliphatic rings. The van der Waals surface area contributed by atoms with Gasteiger partial charge >= 0.3 is 0 Å². The molecular formula is C19H24N2O3. The summed E-state index contributed by atoms with van der Waals surface area (Å²) >= 11 is 0. The van der Waals surface area contributed by atoms with E-state index in [0.29, 0.717) is 30.0 Å². The van der Waals surface area contributed by atoms with Crippen LogP contribution in [0.4, 0.5) is 11.4 Å². The average Bonchev–Trinajstić information content (AvgIpc) is 2.51. The summed E-state index contributed by atoms with van der Waals surface area (Å²) in [4.78, 5) is 11.9. The Hall–Kier alpha value is -2.53. The number of carbonyl (C=O) groups excluding carboxylic acids is 1. The number of amides is 1. The molecule has 2 aromatic rings. The molecule has 0 aliphatic heterocycles. The van der Waals surface area contributed by atoms with Gasteiger partial charge in [-0.25, -0.2) is 0 Å². The predicted molar refractivity (Wildman–Crippen MR) is 96.1 cm³/mol. The van der Waals surface area contributed by atoms with Crippen LogP contribution in [0.1, 0.15) is 33.5 Å². The van der Waals surface area contributed by atoms with Crippen molar-refractivity contribution >= 4 is 17.3 Å². The van der Waals surface area contributed by atoms with Crippen LogP contribution in [0, 0.1) is 20.8 Å². The Labute approximate surface area is 142 Å². The minimum absolute atomic E-state index is 0.0333. The number of carbonyl (C=O) groups is 1. The molecule has 0 spiro atoms. The van der Waals surface area contributed by atoms with E-state index in [4.69, 9.17) is 15.6 Å². The summed E-state index contributed by atoms with van der Waals surface area (Å²) in [5.74, 6) is -0.136. The number of aliphatic hydroxyl groups is 1. The van der Waals surface area contributed by atoms with Crippen molar-refractivity contribution in [2.75, 3.05) is 18.5 Å². The number of rotatable bonds is 7. The van der Waals surface area contributed by atoms with Gasteiger partial charge in [-0.15, -0.1) is 0 Å². The molecule has 0 aromatic heterocycles. The van der Waals surface area contributed by atoms with Crippen molar-refractivity contribution in [3.8, 4) is 5.75 Å². The molecule has 4 N–H and O–H groups in total. The van der Waals surface area contributed by atoms with Crippen LogP contribution >= 0.6 is 0 Å². The molecule has 0 unspecified atom stereocenters. The summed E-state index contributed by atoms with van der Waals surface area (Å²) in [7, 11) is 0. The van der Waals surface area contributed by atoms with E-state index in [1.165, 1.54) is 5.56 Å². The Morgan fingerprint density at radius 2 is 1.88 bits per heavy atom. The minimum Gasteiger partial charge on any atom is -0.493 e. The maximum atomic E-state index is 11.9. The SMILES string of the molecule is Cc1cc(C)c(Nc2cccc(OCCCO)c2C(N)=O)c(C)c1. The van der Waals surface area contributed by atoms with Gasteiger partial charge in [0.2, 0.25) is 0 Å². The Morgan fingerprint density at radius 3 is 2.46 bits per heavy atom. The zero-order chi connectivity index (χ0) is 17.7. The van der Waals surface area contributed by atoms with Gasteiger partial charge in [0.15, 0.2) is 0 Å². The third kappa shape index (κ3) is 4.06. The van der Waals surface area contributed by atoms with E-state index in [0.717, 1.165) is 16.8 Å². The Kier molecular flexibility index (Phi) is 5.82. The van der Waals surface area contributed by atoms with Crippen molar-refractivity contribution in [2.45, 2.75) is 27.2 Å². The van der Waals surface area contributed by atoms with Crippen molar-refractivity contribution in [1.82, 2.24) is 0 Å². The topological polar surface area (TPSA) is 84.6 Å². The molecule has 2 aromatic carbocycles. The summed E-state index contributed by atoms with van der Waals surface area (Å²) in [6.07, 6.45) is 0.492. The number of benzene rings is 2. The molecule has 0 saturated carbocycles. The molecule has 1 amide bonds. The quantitative estimate of drug-likeness (QED) is 0.681. The monoisotopic (exact) mass is 328 g/mol. The van der Waals surface area contributed by atoms with Crippen LogP contribution in [0.25, 0.3) is 0 Å². The second-order valence-electron chi connectivity index (χ2n) is 5.87. The van der Waals surface area contributed by atoms with Gasteiger partial charge in [0, 0.05) is 18.7 Å². The van der Waals surface area contributed by atoms with Gasteiger partial charge in [-0.2, -0.15) is 0 Å². The molecule has 24 heavy (non-hydrogen) atoms. The first-order chi connectivity index (χ1) is 11.4. The Balaban J connectivity index is 2.40. The highest BCUT2D eigenvalue weighted by atomic mass is 16.5. The maximum absolute atomic E-state index is 11.9. The largest absolute Gasteiger partial charge is 0.493 e. The van der Waals surface area contributed by atoms with Crippen molar-refractivity contribution < 1.29 is 14.6 Å². The number of hydrogen-bond donors (Lipinski definition) is 3. The van der Waals surface area contributed by atoms with Crippen molar-refractivity contribution in [2.24, 2.45) is 5.73 Å². The van der Waals surface area contributed by atoms with Gasteiger partial charge in [-0.05, 0) is 44.0 Å². The molecule has 0 aliphatic carbocycles. The minimum atomic E-state index is -0.556. The van der Waals surface area contributed by atoms with E-state index in [1.807, 2.05) is 26.8 Å². The van der Waals surface area contributed by atoms with Crippen LogP contribution in [-0.2, 0) is 0 Å². The van der Waals surface area contributed by atoms with Gasteiger partial charge in [-0.3, -0.25) is 4.79 Å². The fraction of sp³-hybridized carbons (Fsp3) is 0.316. The number of nitrogens with two attached hydrogens (primary N) is 1. The molecule has 5 heteroatoms. The number of ether oxygens (including phenoxy) is 1. The zero-order valence-corrected chi connectivity index (χ0v) is 14.3. The molecular weight excluding hydrogens is 304 g/mol.